The van der Waals surface area contributed by atoms with Crippen LogP contribution in [0.3, 0.4) is 0 Å². The van der Waals surface area contributed by atoms with Crippen molar-refractivity contribution in [2.24, 2.45) is 0 Å². The molecule has 0 radical (unpaired) electrons. The number of thioether (sulfide) groups is 1. The molecule has 0 fully saturated rings. The number of carboxylic acids is 1. The maximum Gasteiger partial charge on any atom is 0.313 e. The first-order valence-corrected chi connectivity index (χ1v) is 7.43. The van der Waals surface area contributed by atoms with Crippen LogP contribution in [-0.2, 0) is 17.8 Å². The van der Waals surface area contributed by atoms with Gasteiger partial charge in [-0.1, -0.05) is 23.4 Å². The average Bonchev–Trinajstić information content (AvgIpc) is 2.92. The molecule has 2 aromatic rings. The molecule has 0 unspecified atom stereocenters. The van der Waals surface area contributed by atoms with E-state index >= 15 is 0 Å². The van der Waals surface area contributed by atoms with E-state index in [9.17, 15) is 4.79 Å². The van der Waals surface area contributed by atoms with Gasteiger partial charge in [0.15, 0.2) is 5.16 Å². The van der Waals surface area contributed by atoms with E-state index in [4.69, 9.17) is 16.7 Å². The van der Waals surface area contributed by atoms with Crippen LogP contribution < -0.4 is 0 Å². The van der Waals surface area contributed by atoms with Gasteiger partial charge in [0.25, 0.3) is 0 Å². The number of carboxylic acid groups (broad SMARTS) is 1. The Bertz CT molecular complexity index is 539. The first kappa shape index (κ1) is 13.5. The molecule has 7 heteroatoms. The molecule has 96 valence electrons. The summed E-state index contributed by atoms with van der Waals surface area (Å²) in [6, 6.07) is 3.89. The predicted octanol–water partition coefficient (Wildman–Crippen LogP) is 3.02. The first-order chi connectivity index (χ1) is 8.65. The number of hydrogen-bond acceptors (Lipinski definition) is 4. The summed E-state index contributed by atoms with van der Waals surface area (Å²) in [6.07, 6.45) is 4.42. The highest BCUT2D eigenvalue weighted by atomic mass is 35.5. The van der Waals surface area contributed by atoms with Crippen molar-refractivity contribution in [3.8, 4) is 0 Å². The predicted molar refractivity (Wildman–Crippen MR) is 73.6 cm³/mol. The minimum Gasteiger partial charge on any atom is -0.481 e. The summed E-state index contributed by atoms with van der Waals surface area (Å²) in [7, 11) is 0. The van der Waals surface area contributed by atoms with Crippen LogP contribution >= 0.6 is 34.7 Å². The van der Waals surface area contributed by atoms with Crippen molar-refractivity contribution in [2.75, 3.05) is 5.75 Å². The van der Waals surface area contributed by atoms with Crippen LogP contribution in [0.4, 0.5) is 0 Å². The van der Waals surface area contributed by atoms with Gasteiger partial charge in [-0.15, -0.1) is 11.3 Å². The molecule has 0 saturated carbocycles. The van der Waals surface area contributed by atoms with Gasteiger partial charge >= 0.3 is 5.97 Å². The Hall–Kier alpha value is -0.980. The van der Waals surface area contributed by atoms with Gasteiger partial charge < -0.3 is 9.67 Å². The highest BCUT2D eigenvalue weighted by molar-refractivity contribution is 7.99. The van der Waals surface area contributed by atoms with E-state index in [-0.39, 0.29) is 5.75 Å². The van der Waals surface area contributed by atoms with Crippen molar-refractivity contribution in [2.45, 2.75) is 18.1 Å². The van der Waals surface area contributed by atoms with E-state index in [2.05, 4.69) is 4.98 Å². The molecule has 2 rings (SSSR count). The lowest BCUT2D eigenvalue weighted by molar-refractivity contribution is -0.133. The summed E-state index contributed by atoms with van der Waals surface area (Å²) in [5.74, 6) is -0.804. The highest BCUT2D eigenvalue weighted by Crippen LogP contribution is 2.23. The summed E-state index contributed by atoms with van der Waals surface area (Å²) in [5.41, 5.74) is 0. The number of halogens is 1. The molecule has 2 aromatic heterocycles. The summed E-state index contributed by atoms with van der Waals surface area (Å²) in [4.78, 5) is 15.9. The molecule has 18 heavy (non-hydrogen) atoms. The number of aromatic nitrogens is 2. The molecule has 0 aliphatic heterocycles. The molecular weight excluding hydrogens is 292 g/mol. The lowest BCUT2D eigenvalue weighted by Crippen LogP contribution is -2.04. The fourth-order valence-corrected chi connectivity index (χ4v) is 3.23. The fourth-order valence-electron chi connectivity index (χ4n) is 1.45. The van der Waals surface area contributed by atoms with Gasteiger partial charge in [0.2, 0.25) is 0 Å². The van der Waals surface area contributed by atoms with Gasteiger partial charge in [-0.05, 0) is 18.6 Å². The molecular formula is C11H11ClN2O2S2. The molecule has 0 aliphatic carbocycles. The van der Waals surface area contributed by atoms with Crippen molar-refractivity contribution in [3.05, 3.63) is 33.7 Å². The number of aryl methyl sites for hydroxylation is 2. The molecule has 1 N–H and O–H groups in total. The van der Waals surface area contributed by atoms with Crippen molar-refractivity contribution < 1.29 is 9.90 Å². The Morgan fingerprint density at radius 3 is 3.06 bits per heavy atom. The van der Waals surface area contributed by atoms with E-state index in [1.165, 1.54) is 16.6 Å². The summed E-state index contributed by atoms with van der Waals surface area (Å²) < 4.78 is 2.75. The van der Waals surface area contributed by atoms with E-state index in [0.29, 0.717) is 0 Å². The quantitative estimate of drug-likeness (QED) is 0.833. The Kier molecular flexibility index (Phi) is 4.68. The van der Waals surface area contributed by atoms with Gasteiger partial charge in [0.1, 0.15) is 0 Å². The van der Waals surface area contributed by atoms with E-state index in [1.54, 1.807) is 17.5 Å². The molecule has 0 aromatic carbocycles. The normalized spacial score (nSPS) is 10.7. The topological polar surface area (TPSA) is 55.1 Å². The smallest absolute Gasteiger partial charge is 0.313 e. The molecule has 0 spiro atoms. The van der Waals surface area contributed by atoms with Crippen LogP contribution in [0.2, 0.25) is 4.34 Å². The molecule has 0 aliphatic rings. The SMILES string of the molecule is O=C(O)CSc1nccn1CCc1ccc(Cl)s1. The average molecular weight is 303 g/mol. The zero-order chi connectivity index (χ0) is 13.0. The van der Waals surface area contributed by atoms with Crippen LogP contribution in [-0.4, -0.2) is 26.4 Å². The van der Waals surface area contributed by atoms with Gasteiger partial charge in [-0.3, -0.25) is 4.79 Å². The third kappa shape index (κ3) is 3.76. The molecule has 4 nitrogen and oxygen atoms in total. The number of hydrogen-bond donors (Lipinski definition) is 1. The summed E-state index contributed by atoms with van der Waals surface area (Å²) in [5, 5.41) is 9.38. The van der Waals surface area contributed by atoms with Gasteiger partial charge in [-0.2, -0.15) is 0 Å². The monoisotopic (exact) mass is 302 g/mol. The zero-order valence-electron chi connectivity index (χ0n) is 9.38. The number of rotatable bonds is 6. The number of carbonyl (C=O) groups is 1. The largest absolute Gasteiger partial charge is 0.481 e. The molecule has 0 amide bonds. The van der Waals surface area contributed by atoms with Crippen molar-refractivity contribution >= 4 is 40.7 Å². The van der Waals surface area contributed by atoms with E-state index in [1.807, 2.05) is 22.9 Å². The molecule has 0 saturated heterocycles. The molecule has 0 atom stereocenters. The van der Waals surface area contributed by atoms with Gasteiger partial charge in [-0.25, -0.2) is 4.98 Å². The number of imidazole rings is 1. The Morgan fingerprint density at radius 2 is 2.39 bits per heavy atom. The summed E-state index contributed by atoms with van der Waals surface area (Å²) in [6.45, 7) is 0.777. The summed E-state index contributed by atoms with van der Waals surface area (Å²) >= 11 is 8.66. The minimum absolute atomic E-state index is 0.0296. The second kappa shape index (κ2) is 6.26. The van der Waals surface area contributed by atoms with Gasteiger partial charge in [0, 0.05) is 23.8 Å². The van der Waals surface area contributed by atoms with E-state index < -0.39 is 5.97 Å². The number of thiophene rings is 1. The van der Waals surface area contributed by atoms with Crippen molar-refractivity contribution in [3.63, 3.8) is 0 Å². The Morgan fingerprint density at radius 1 is 1.56 bits per heavy atom. The third-order valence-electron chi connectivity index (χ3n) is 2.23. The van der Waals surface area contributed by atoms with Crippen LogP contribution in [0.15, 0.2) is 29.7 Å². The fraction of sp³-hybridized carbons (Fsp3) is 0.273. The van der Waals surface area contributed by atoms with Crippen molar-refractivity contribution in [1.82, 2.24) is 9.55 Å². The second-order valence-electron chi connectivity index (χ2n) is 3.54. The highest BCUT2D eigenvalue weighted by Gasteiger charge is 2.07. The Labute approximate surface area is 118 Å². The van der Waals surface area contributed by atoms with Crippen LogP contribution in [0.5, 0.6) is 0 Å². The zero-order valence-corrected chi connectivity index (χ0v) is 11.8. The maximum atomic E-state index is 10.5. The molecule has 2 heterocycles. The van der Waals surface area contributed by atoms with Crippen LogP contribution in [0, 0.1) is 0 Å². The number of aliphatic carboxylic acids is 1. The second-order valence-corrected chi connectivity index (χ2v) is 6.28. The first-order valence-electron chi connectivity index (χ1n) is 5.25. The lowest BCUT2D eigenvalue weighted by Gasteiger charge is -2.05. The third-order valence-corrected chi connectivity index (χ3v) is 4.51. The standard InChI is InChI=1S/C11H11ClN2O2S2/c12-9-2-1-8(18-9)3-5-14-6-4-13-11(14)17-7-10(15)16/h1-2,4,6H,3,5,7H2,(H,15,16). The number of nitrogens with zero attached hydrogens (tertiary/aromatic N) is 2. The van der Waals surface area contributed by atoms with Crippen LogP contribution in [0.1, 0.15) is 4.88 Å². The lowest BCUT2D eigenvalue weighted by atomic mass is 10.3. The van der Waals surface area contributed by atoms with Crippen molar-refractivity contribution in [1.29, 1.82) is 0 Å². The van der Waals surface area contributed by atoms with E-state index in [0.717, 1.165) is 22.5 Å². The van der Waals surface area contributed by atoms with Crippen LogP contribution in [0.25, 0.3) is 0 Å². The maximum absolute atomic E-state index is 10.5. The Balaban J connectivity index is 1.93. The van der Waals surface area contributed by atoms with Gasteiger partial charge in [0.05, 0.1) is 10.1 Å². The molecule has 0 bridgehead atoms. The minimum atomic E-state index is -0.834.